The van der Waals surface area contributed by atoms with Crippen LogP contribution in [0.4, 0.5) is 5.13 Å². The number of anilines is 1. The number of nitrogens with zero attached hydrogens (tertiary/aromatic N) is 1. The Balaban J connectivity index is 2.37. The number of aromatic nitrogens is 1. The van der Waals surface area contributed by atoms with Gasteiger partial charge in [0.05, 0.1) is 5.69 Å². The number of nitrogen functional groups attached to an aromatic ring is 1. The van der Waals surface area contributed by atoms with Crippen LogP contribution in [0.2, 0.25) is 0 Å². The van der Waals surface area contributed by atoms with Gasteiger partial charge in [-0.05, 0) is 30.0 Å². The fourth-order valence-electron chi connectivity index (χ4n) is 1.98. The summed E-state index contributed by atoms with van der Waals surface area (Å²) in [5, 5.41) is 0.668. The first-order chi connectivity index (χ1) is 8.49. The van der Waals surface area contributed by atoms with Crippen molar-refractivity contribution < 1.29 is 0 Å². The van der Waals surface area contributed by atoms with Gasteiger partial charge in [0.15, 0.2) is 5.13 Å². The van der Waals surface area contributed by atoms with Gasteiger partial charge in [0, 0.05) is 15.8 Å². The van der Waals surface area contributed by atoms with Crippen molar-refractivity contribution in [3.8, 4) is 0 Å². The van der Waals surface area contributed by atoms with Crippen molar-refractivity contribution in [2.45, 2.75) is 33.1 Å². The normalized spacial score (nSPS) is 11.2. The van der Waals surface area contributed by atoms with E-state index in [1.165, 1.54) is 16.0 Å². The van der Waals surface area contributed by atoms with E-state index in [-0.39, 0.29) is 0 Å². The maximum atomic E-state index is 5.84. The molecule has 1 aromatic carbocycles. The van der Waals surface area contributed by atoms with Crippen LogP contribution in [0.15, 0.2) is 22.7 Å². The highest BCUT2D eigenvalue weighted by Crippen LogP contribution is 2.30. The van der Waals surface area contributed by atoms with Gasteiger partial charge in [-0.3, -0.25) is 0 Å². The van der Waals surface area contributed by atoms with Crippen molar-refractivity contribution in [1.82, 2.24) is 4.98 Å². The summed E-state index contributed by atoms with van der Waals surface area (Å²) in [6, 6.07) is 6.31. The average Bonchev–Trinajstić information content (AvgIpc) is 2.66. The summed E-state index contributed by atoms with van der Waals surface area (Å²) < 4.78 is 1.16. The predicted octanol–water partition coefficient (Wildman–Crippen LogP) is 4.51. The number of rotatable bonds is 3. The standard InChI is InChI=1S/C14H17BrN2S/c1-8(2)13-12(18-14(16)17-13)7-10-5-4-6-11(15)9(10)3/h4-6,8H,7H2,1-3H3,(H2,16,17). The first kappa shape index (κ1) is 13.6. The van der Waals surface area contributed by atoms with Crippen molar-refractivity contribution in [2.75, 3.05) is 5.73 Å². The Morgan fingerprint density at radius 3 is 2.78 bits per heavy atom. The molecule has 0 atom stereocenters. The van der Waals surface area contributed by atoms with Crippen LogP contribution in [0.25, 0.3) is 0 Å². The van der Waals surface area contributed by atoms with Crippen LogP contribution in [-0.4, -0.2) is 4.98 Å². The minimum absolute atomic E-state index is 0.418. The molecule has 0 bridgehead atoms. The SMILES string of the molecule is Cc1c(Br)cccc1Cc1sc(N)nc1C(C)C. The topological polar surface area (TPSA) is 38.9 Å². The van der Waals surface area contributed by atoms with E-state index in [9.17, 15) is 0 Å². The lowest BCUT2D eigenvalue weighted by atomic mass is 10.0. The molecule has 0 amide bonds. The fourth-order valence-corrected chi connectivity index (χ4v) is 3.39. The van der Waals surface area contributed by atoms with E-state index in [4.69, 9.17) is 5.73 Å². The second-order valence-electron chi connectivity index (χ2n) is 4.72. The van der Waals surface area contributed by atoms with E-state index in [1.807, 2.05) is 0 Å². The van der Waals surface area contributed by atoms with Crippen LogP contribution in [0.3, 0.4) is 0 Å². The van der Waals surface area contributed by atoms with Crippen LogP contribution in [0.5, 0.6) is 0 Å². The Labute approximate surface area is 120 Å². The summed E-state index contributed by atoms with van der Waals surface area (Å²) in [6.45, 7) is 6.45. The monoisotopic (exact) mass is 324 g/mol. The zero-order valence-electron chi connectivity index (χ0n) is 10.8. The maximum absolute atomic E-state index is 5.84. The van der Waals surface area contributed by atoms with E-state index in [0.717, 1.165) is 16.6 Å². The quantitative estimate of drug-likeness (QED) is 0.902. The zero-order chi connectivity index (χ0) is 13.3. The van der Waals surface area contributed by atoms with E-state index in [1.54, 1.807) is 11.3 Å². The summed E-state index contributed by atoms with van der Waals surface area (Å²) in [7, 11) is 0. The first-order valence-electron chi connectivity index (χ1n) is 5.98. The Hall–Kier alpha value is -0.870. The third-order valence-electron chi connectivity index (χ3n) is 3.02. The van der Waals surface area contributed by atoms with Gasteiger partial charge in [0.1, 0.15) is 0 Å². The zero-order valence-corrected chi connectivity index (χ0v) is 13.2. The van der Waals surface area contributed by atoms with Crippen LogP contribution >= 0.6 is 27.3 Å². The third-order valence-corrected chi connectivity index (χ3v) is 4.78. The molecule has 0 aliphatic carbocycles. The Kier molecular flexibility index (Phi) is 4.07. The van der Waals surface area contributed by atoms with Gasteiger partial charge >= 0.3 is 0 Å². The molecule has 0 aliphatic rings. The van der Waals surface area contributed by atoms with Gasteiger partial charge in [-0.15, -0.1) is 11.3 Å². The largest absolute Gasteiger partial charge is 0.375 e. The van der Waals surface area contributed by atoms with Crippen LogP contribution in [-0.2, 0) is 6.42 Å². The third kappa shape index (κ3) is 2.75. The molecule has 1 heterocycles. The van der Waals surface area contributed by atoms with E-state index < -0.39 is 0 Å². The summed E-state index contributed by atoms with van der Waals surface area (Å²) in [5.41, 5.74) is 9.59. The molecule has 4 heteroatoms. The Bertz CT molecular complexity index is 561. The summed E-state index contributed by atoms with van der Waals surface area (Å²) in [6.07, 6.45) is 0.910. The molecule has 96 valence electrons. The molecule has 18 heavy (non-hydrogen) atoms. The van der Waals surface area contributed by atoms with E-state index in [0.29, 0.717) is 11.0 Å². The van der Waals surface area contributed by atoms with E-state index in [2.05, 4.69) is 59.9 Å². The second kappa shape index (κ2) is 5.41. The second-order valence-corrected chi connectivity index (χ2v) is 6.69. The highest BCUT2D eigenvalue weighted by atomic mass is 79.9. The highest BCUT2D eigenvalue weighted by Gasteiger charge is 2.14. The van der Waals surface area contributed by atoms with E-state index >= 15 is 0 Å². The molecule has 1 aromatic heterocycles. The van der Waals surface area contributed by atoms with Gasteiger partial charge in [-0.1, -0.05) is 41.9 Å². The molecule has 2 nitrogen and oxygen atoms in total. The predicted molar refractivity (Wildman–Crippen MR) is 82.3 cm³/mol. The number of halogens is 1. The van der Waals surface area contributed by atoms with Crippen LogP contribution < -0.4 is 5.73 Å². The number of thiazole rings is 1. The van der Waals surface area contributed by atoms with Crippen molar-refractivity contribution in [3.63, 3.8) is 0 Å². The summed E-state index contributed by atoms with van der Waals surface area (Å²) in [5.74, 6) is 0.418. The molecular formula is C14H17BrN2S. The highest BCUT2D eigenvalue weighted by molar-refractivity contribution is 9.10. The first-order valence-corrected chi connectivity index (χ1v) is 7.59. The molecule has 0 spiro atoms. The lowest BCUT2D eigenvalue weighted by Gasteiger charge is -2.09. The van der Waals surface area contributed by atoms with Crippen molar-refractivity contribution in [2.24, 2.45) is 0 Å². The molecule has 2 N–H and O–H groups in total. The van der Waals surface area contributed by atoms with Gasteiger partial charge in [-0.25, -0.2) is 4.98 Å². The number of benzene rings is 1. The molecule has 0 aliphatic heterocycles. The summed E-state index contributed by atoms with van der Waals surface area (Å²) >= 11 is 5.18. The molecule has 0 radical (unpaired) electrons. The molecule has 0 saturated carbocycles. The number of nitrogens with two attached hydrogens (primary N) is 1. The smallest absolute Gasteiger partial charge is 0.180 e. The number of hydrogen-bond acceptors (Lipinski definition) is 3. The maximum Gasteiger partial charge on any atom is 0.180 e. The van der Waals surface area contributed by atoms with Gasteiger partial charge in [0.2, 0.25) is 0 Å². The summed E-state index contributed by atoms with van der Waals surface area (Å²) in [4.78, 5) is 5.72. The van der Waals surface area contributed by atoms with Gasteiger partial charge < -0.3 is 5.73 Å². The molecule has 0 unspecified atom stereocenters. The van der Waals surface area contributed by atoms with Gasteiger partial charge in [-0.2, -0.15) is 0 Å². The lowest BCUT2D eigenvalue weighted by molar-refractivity contribution is 0.820. The molecule has 2 rings (SSSR count). The number of hydrogen-bond donors (Lipinski definition) is 1. The van der Waals surface area contributed by atoms with Crippen molar-refractivity contribution in [1.29, 1.82) is 0 Å². The Morgan fingerprint density at radius 1 is 1.39 bits per heavy atom. The Morgan fingerprint density at radius 2 is 2.11 bits per heavy atom. The molecule has 2 aromatic rings. The van der Waals surface area contributed by atoms with Crippen molar-refractivity contribution >= 4 is 32.4 Å². The van der Waals surface area contributed by atoms with Crippen LogP contribution in [0.1, 0.15) is 41.5 Å². The fraction of sp³-hybridized carbons (Fsp3) is 0.357. The molecule has 0 saturated heterocycles. The minimum Gasteiger partial charge on any atom is -0.375 e. The minimum atomic E-state index is 0.418. The molecule has 0 fully saturated rings. The average molecular weight is 325 g/mol. The van der Waals surface area contributed by atoms with Gasteiger partial charge in [0.25, 0.3) is 0 Å². The lowest BCUT2D eigenvalue weighted by Crippen LogP contribution is -1.97. The van der Waals surface area contributed by atoms with Crippen molar-refractivity contribution in [3.05, 3.63) is 44.4 Å². The van der Waals surface area contributed by atoms with Crippen LogP contribution in [0, 0.1) is 6.92 Å². The molecular weight excluding hydrogens is 308 g/mol.